The summed E-state index contributed by atoms with van der Waals surface area (Å²) in [5.74, 6) is 1.87. The van der Waals surface area contributed by atoms with Gasteiger partial charge in [0.1, 0.15) is 12.2 Å². The zero-order chi connectivity index (χ0) is 21.1. The van der Waals surface area contributed by atoms with E-state index in [4.69, 9.17) is 14.5 Å². The molecule has 1 aromatic heterocycles. The fraction of sp³-hybridized carbons (Fsp3) is 0.857. The van der Waals surface area contributed by atoms with Crippen LogP contribution in [0.4, 0.5) is 0 Å². The maximum atomic E-state index is 5.61. The summed E-state index contributed by atoms with van der Waals surface area (Å²) >= 11 is 0. The third kappa shape index (κ3) is 7.83. The molecule has 0 atom stereocenters. The molecular formula is C21H40IN7O2. The number of nitrogens with zero attached hydrogens (tertiary/aromatic N) is 5. The minimum absolute atomic E-state index is 0. The lowest BCUT2D eigenvalue weighted by Gasteiger charge is -2.47. The first kappa shape index (κ1) is 26.3. The van der Waals surface area contributed by atoms with Gasteiger partial charge < -0.3 is 24.7 Å². The number of ether oxygens (including phenoxy) is 2. The van der Waals surface area contributed by atoms with Crippen molar-refractivity contribution in [3.8, 4) is 0 Å². The first-order chi connectivity index (χ1) is 14.8. The largest absolute Gasteiger partial charge is 0.383 e. The number of halogens is 1. The molecule has 0 aromatic carbocycles. The summed E-state index contributed by atoms with van der Waals surface area (Å²) in [7, 11) is 1.72. The Morgan fingerprint density at radius 1 is 1.19 bits per heavy atom. The number of hydrogen-bond acceptors (Lipinski definition) is 6. The van der Waals surface area contributed by atoms with Crippen LogP contribution in [0.25, 0.3) is 0 Å². The number of aliphatic imine (C=N–C) groups is 1. The minimum atomic E-state index is 0. The predicted octanol–water partition coefficient (Wildman–Crippen LogP) is 1.68. The maximum absolute atomic E-state index is 5.61. The van der Waals surface area contributed by atoms with Crippen LogP contribution >= 0.6 is 24.0 Å². The van der Waals surface area contributed by atoms with Crippen LogP contribution in [0.5, 0.6) is 0 Å². The molecule has 31 heavy (non-hydrogen) atoms. The molecule has 1 aliphatic heterocycles. The van der Waals surface area contributed by atoms with Gasteiger partial charge in [0.25, 0.3) is 0 Å². The number of rotatable bonds is 10. The van der Waals surface area contributed by atoms with Crippen molar-refractivity contribution in [2.75, 3.05) is 59.7 Å². The Morgan fingerprint density at radius 3 is 2.65 bits per heavy atom. The van der Waals surface area contributed by atoms with E-state index in [0.29, 0.717) is 6.61 Å². The van der Waals surface area contributed by atoms with E-state index < -0.39 is 0 Å². The Bertz CT molecular complexity index is 643. The first-order valence-corrected chi connectivity index (χ1v) is 11.5. The van der Waals surface area contributed by atoms with Gasteiger partial charge in [0.2, 0.25) is 0 Å². The number of nitrogens with one attached hydrogen (secondary N) is 2. The van der Waals surface area contributed by atoms with Crippen LogP contribution in [0.1, 0.15) is 44.9 Å². The van der Waals surface area contributed by atoms with Crippen molar-refractivity contribution in [2.45, 2.75) is 57.5 Å². The lowest BCUT2D eigenvalue weighted by Crippen LogP contribution is -2.56. The molecule has 1 saturated heterocycles. The molecule has 1 aromatic rings. The van der Waals surface area contributed by atoms with Crippen molar-refractivity contribution in [2.24, 2.45) is 4.99 Å². The lowest BCUT2D eigenvalue weighted by atomic mass is 9.80. The van der Waals surface area contributed by atoms with E-state index in [-0.39, 0.29) is 29.5 Å². The summed E-state index contributed by atoms with van der Waals surface area (Å²) in [5, 5.41) is 15.1. The van der Waals surface area contributed by atoms with E-state index in [0.717, 1.165) is 70.7 Å². The molecule has 178 valence electrons. The van der Waals surface area contributed by atoms with E-state index >= 15 is 0 Å². The van der Waals surface area contributed by atoms with E-state index in [2.05, 4.69) is 37.2 Å². The summed E-state index contributed by atoms with van der Waals surface area (Å²) in [6, 6.07) is 0. The zero-order valence-corrected chi connectivity index (χ0v) is 21.5. The molecule has 1 aliphatic carbocycles. The highest BCUT2D eigenvalue weighted by molar-refractivity contribution is 14.0. The average Bonchev–Trinajstić information content (AvgIpc) is 3.26. The highest BCUT2D eigenvalue weighted by atomic mass is 127. The summed E-state index contributed by atoms with van der Waals surface area (Å²) in [6.45, 7) is 9.60. The predicted molar refractivity (Wildman–Crippen MR) is 133 cm³/mol. The molecule has 1 saturated carbocycles. The molecule has 2 aliphatic rings. The Morgan fingerprint density at radius 2 is 1.94 bits per heavy atom. The van der Waals surface area contributed by atoms with E-state index in [1.165, 1.54) is 32.1 Å². The monoisotopic (exact) mass is 549 g/mol. The number of methoxy groups -OCH3 is 1. The molecular weight excluding hydrogens is 509 g/mol. The third-order valence-electron chi connectivity index (χ3n) is 6.25. The van der Waals surface area contributed by atoms with Crippen LogP contribution < -0.4 is 10.6 Å². The second-order valence-electron chi connectivity index (χ2n) is 8.19. The standard InChI is InChI=1S/C21H39N7O2.HI/c1-3-19-26-25-18-27(19)11-9-22-20(23-10-14-29-2)24-17-21(7-5-4-6-8-21)28-12-15-30-16-13-28;/h18H,3-17H2,1-2H3,(H2,22,23,24);1H. The quantitative estimate of drug-likeness (QED) is 0.199. The molecule has 9 nitrogen and oxygen atoms in total. The summed E-state index contributed by atoms with van der Waals surface area (Å²) in [6.07, 6.45) is 9.05. The molecule has 0 amide bonds. The third-order valence-corrected chi connectivity index (χ3v) is 6.25. The van der Waals surface area contributed by atoms with E-state index in [1.807, 2.05) is 0 Å². The van der Waals surface area contributed by atoms with Gasteiger partial charge in [-0.05, 0) is 12.8 Å². The van der Waals surface area contributed by atoms with Crippen molar-refractivity contribution in [1.29, 1.82) is 0 Å². The van der Waals surface area contributed by atoms with Gasteiger partial charge in [0.05, 0.1) is 26.4 Å². The van der Waals surface area contributed by atoms with Crippen LogP contribution in [-0.2, 0) is 22.4 Å². The number of guanidine groups is 1. The van der Waals surface area contributed by atoms with Gasteiger partial charge in [-0.15, -0.1) is 34.2 Å². The van der Waals surface area contributed by atoms with Crippen LogP contribution in [-0.4, -0.2) is 90.8 Å². The van der Waals surface area contributed by atoms with Crippen molar-refractivity contribution in [3.05, 3.63) is 12.2 Å². The van der Waals surface area contributed by atoms with Crippen LogP contribution in [0.2, 0.25) is 0 Å². The lowest BCUT2D eigenvalue weighted by molar-refractivity contribution is -0.0333. The summed E-state index contributed by atoms with van der Waals surface area (Å²) in [5.41, 5.74) is 0.168. The normalized spacial score (nSPS) is 19.6. The fourth-order valence-electron chi connectivity index (χ4n) is 4.53. The van der Waals surface area contributed by atoms with Crippen LogP contribution in [0, 0.1) is 0 Å². The highest BCUT2D eigenvalue weighted by Gasteiger charge is 2.38. The van der Waals surface area contributed by atoms with Crippen molar-refractivity contribution in [3.63, 3.8) is 0 Å². The fourth-order valence-corrected chi connectivity index (χ4v) is 4.53. The summed E-state index contributed by atoms with van der Waals surface area (Å²) in [4.78, 5) is 7.68. The molecule has 0 radical (unpaired) electrons. The average molecular weight is 550 g/mol. The Hall–Kier alpha value is -0.980. The number of morpholine rings is 1. The van der Waals surface area contributed by atoms with Gasteiger partial charge in [-0.3, -0.25) is 9.89 Å². The number of aromatic nitrogens is 3. The van der Waals surface area contributed by atoms with Crippen LogP contribution in [0.3, 0.4) is 0 Å². The van der Waals surface area contributed by atoms with Gasteiger partial charge >= 0.3 is 0 Å². The van der Waals surface area contributed by atoms with Crippen LogP contribution in [0.15, 0.2) is 11.3 Å². The highest BCUT2D eigenvalue weighted by Crippen LogP contribution is 2.34. The molecule has 2 fully saturated rings. The number of hydrogen-bond donors (Lipinski definition) is 2. The SMILES string of the molecule is CCc1nncn1CCNC(=NCC1(N2CCOCC2)CCCCC1)NCCOC.I. The van der Waals surface area contributed by atoms with Gasteiger partial charge in [-0.1, -0.05) is 26.2 Å². The second kappa shape index (κ2) is 14.2. The smallest absolute Gasteiger partial charge is 0.191 e. The Labute approximate surface area is 203 Å². The minimum Gasteiger partial charge on any atom is -0.383 e. The second-order valence-corrected chi connectivity index (χ2v) is 8.19. The van der Waals surface area contributed by atoms with Gasteiger partial charge in [0.15, 0.2) is 5.96 Å². The van der Waals surface area contributed by atoms with Gasteiger partial charge in [0, 0.05) is 51.8 Å². The van der Waals surface area contributed by atoms with Crippen molar-refractivity contribution >= 4 is 29.9 Å². The Kier molecular flexibility index (Phi) is 12.1. The van der Waals surface area contributed by atoms with Gasteiger partial charge in [-0.25, -0.2) is 0 Å². The Balaban J connectivity index is 0.00000341. The molecule has 3 rings (SSSR count). The maximum Gasteiger partial charge on any atom is 0.191 e. The van der Waals surface area contributed by atoms with Crippen molar-refractivity contribution < 1.29 is 9.47 Å². The van der Waals surface area contributed by atoms with E-state index in [9.17, 15) is 0 Å². The molecule has 0 unspecified atom stereocenters. The molecule has 0 spiro atoms. The van der Waals surface area contributed by atoms with Crippen molar-refractivity contribution in [1.82, 2.24) is 30.3 Å². The van der Waals surface area contributed by atoms with E-state index in [1.54, 1.807) is 13.4 Å². The molecule has 2 heterocycles. The molecule has 10 heteroatoms. The summed E-state index contributed by atoms with van der Waals surface area (Å²) < 4.78 is 12.9. The first-order valence-electron chi connectivity index (χ1n) is 11.5. The van der Waals surface area contributed by atoms with Gasteiger partial charge in [-0.2, -0.15) is 0 Å². The number of aryl methyl sites for hydroxylation is 1. The molecule has 0 bridgehead atoms. The molecule has 2 N–H and O–H groups in total. The zero-order valence-electron chi connectivity index (χ0n) is 19.1. The topological polar surface area (TPSA) is 88.8 Å².